The minimum absolute atomic E-state index is 0.0219. The van der Waals surface area contributed by atoms with Gasteiger partial charge in [0.15, 0.2) is 0 Å². The third kappa shape index (κ3) is 7.89. The molecule has 1 amide bonds. The molecule has 2 aromatic carbocycles. The molecule has 9 heteroatoms. The van der Waals surface area contributed by atoms with Gasteiger partial charge in [0.1, 0.15) is 24.1 Å². The van der Waals surface area contributed by atoms with E-state index < -0.39 is 18.4 Å². The Bertz CT molecular complexity index is 1170. The van der Waals surface area contributed by atoms with Gasteiger partial charge in [-0.1, -0.05) is 20.8 Å². The number of allylic oxidation sites excluding steroid dienone is 1. The molecule has 0 saturated carbocycles. The summed E-state index contributed by atoms with van der Waals surface area (Å²) in [5.74, 6) is -0.898. The van der Waals surface area contributed by atoms with Crippen LogP contribution in [0.2, 0.25) is 0 Å². The minimum atomic E-state index is -1.23. The quantitative estimate of drug-likeness (QED) is 0.409. The highest BCUT2D eigenvalue weighted by Gasteiger charge is 2.24. The normalized spacial score (nSPS) is 12.0. The number of nitrogens with zero attached hydrogens (tertiary/aromatic N) is 3. The Morgan fingerprint density at radius 2 is 1.86 bits per heavy atom. The molecule has 0 unspecified atom stereocenters. The van der Waals surface area contributed by atoms with Crippen LogP contribution in [-0.4, -0.2) is 43.5 Å². The van der Waals surface area contributed by atoms with Crippen molar-refractivity contribution < 1.29 is 24.2 Å². The van der Waals surface area contributed by atoms with Gasteiger partial charge >= 0.3 is 5.97 Å². The SMILES string of the molecule is COc1ccc(N=CC(C(=O)N(CC(=O)O)c2ccc(OCC(C)(C)C)c(C#N)c2)=C(C)N)cc1. The number of nitrogens with two attached hydrogens (primary N) is 1. The van der Waals surface area contributed by atoms with E-state index in [1.54, 1.807) is 37.4 Å². The monoisotopic (exact) mass is 478 g/mol. The number of carbonyl (C=O) groups is 2. The first-order chi connectivity index (χ1) is 16.4. The largest absolute Gasteiger partial charge is 0.497 e. The maximum Gasteiger partial charge on any atom is 0.323 e. The second-order valence-electron chi connectivity index (χ2n) is 8.98. The number of carbonyl (C=O) groups excluding carboxylic acids is 1. The molecule has 0 bridgehead atoms. The standard InChI is InChI=1S/C26H30N4O5/c1-17(28)22(14-29-19-6-9-21(34-5)10-7-19)25(33)30(15-24(31)32)20-8-11-23(18(12-20)13-27)35-16-26(2,3)4/h6-12,14H,15-16,28H2,1-5H3,(H,31,32). The number of benzene rings is 2. The van der Waals surface area contributed by atoms with E-state index in [4.69, 9.17) is 15.2 Å². The van der Waals surface area contributed by atoms with Crippen LogP contribution in [0, 0.1) is 16.7 Å². The van der Waals surface area contributed by atoms with Crippen LogP contribution in [0.5, 0.6) is 11.5 Å². The van der Waals surface area contributed by atoms with Crippen molar-refractivity contribution in [3.05, 3.63) is 59.3 Å². The van der Waals surface area contributed by atoms with E-state index in [-0.39, 0.29) is 27.9 Å². The van der Waals surface area contributed by atoms with Gasteiger partial charge in [-0.05, 0) is 54.8 Å². The van der Waals surface area contributed by atoms with Crippen LogP contribution in [0.3, 0.4) is 0 Å². The number of carboxylic acids is 1. The lowest BCUT2D eigenvalue weighted by Crippen LogP contribution is -2.38. The molecular formula is C26H30N4O5. The van der Waals surface area contributed by atoms with Crippen molar-refractivity contribution in [3.63, 3.8) is 0 Å². The summed E-state index contributed by atoms with van der Waals surface area (Å²) in [6.07, 6.45) is 1.29. The number of hydrogen-bond acceptors (Lipinski definition) is 7. The van der Waals surface area contributed by atoms with Crippen molar-refractivity contribution in [2.45, 2.75) is 27.7 Å². The van der Waals surface area contributed by atoms with Crippen LogP contribution >= 0.6 is 0 Å². The zero-order valence-corrected chi connectivity index (χ0v) is 20.5. The Morgan fingerprint density at radius 1 is 1.20 bits per heavy atom. The number of aliphatic carboxylic acids is 1. The molecule has 0 aliphatic carbocycles. The van der Waals surface area contributed by atoms with E-state index in [9.17, 15) is 20.0 Å². The highest BCUT2D eigenvalue weighted by molar-refractivity contribution is 6.20. The molecule has 184 valence electrons. The number of hydrogen-bond donors (Lipinski definition) is 2. The molecule has 35 heavy (non-hydrogen) atoms. The Morgan fingerprint density at radius 3 is 2.37 bits per heavy atom. The van der Waals surface area contributed by atoms with E-state index in [1.165, 1.54) is 25.3 Å². The zero-order valence-electron chi connectivity index (χ0n) is 20.5. The molecule has 0 atom stereocenters. The second-order valence-corrected chi connectivity index (χ2v) is 8.98. The van der Waals surface area contributed by atoms with Gasteiger partial charge in [-0.2, -0.15) is 5.26 Å². The molecule has 0 fully saturated rings. The summed E-state index contributed by atoms with van der Waals surface area (Å²) >= 11 is 0. The number of nitriles is 1. The third-order valence-corrected chi connectivity index (χ3v) is 4.66. The molecular weight excluding hydrogens is 448 g/mol. The highest BCUT2D eigenvalue weighted by Crippen LogP contribution is 2.28. The summed E-state index contributed by atoms with van der Waals surface area (Å²) in [4.78, 5) is 30.3. The van der Waals surface area contributed by atoms with Crippen LogP contribution in [0.25, 0.3) is 0 Å². The van der Waals surface area contributed by atoms with E-state index in [2.05, 4.69) is 4.99 Å². The minimum Gasteiger partial charge on any atom is -0.497 e. The first-order valence-corrected chi connectivity index (χ1v) is 10.8. The molecule has 0 heterocycles. The number of methoxy groups -OCH3 is 1. The number of rotatable bonds is 9. The van der Waals surface area contributed by atoms with Gasteiger partial charge in [-0.25, -0.2) is 0 Å². The fraction of sp³-hybridized carbons (Fsp3) is 0.308. The number of aliphatic imine (C=N–C) groups is 1. The molecule has 0 aliphatic rings. The van der Waals surface area contributed by atoms with Crippen LogP contribution < -0.4 is 20.1 Å². The molecule has 9 nitrogen and oxygen atoms in total. The number of ether oxygens (including phenoxy) is 2. The zero-order chi connectivity index (χ0) is 26.2. The van der Waals surface area contributed by atoms with Gasteiger partial charge in [0, 0.05) is 17.6 Å². The molecule has 3 N–H and O–H groups in total. The molecule has 0 aromatic heterocycles. The highest BCUT2D eigenvalue weighted by atomic mass is 16.5. The summed E-state index contributed by atoms with van der Waals surface area (Å²) in [6, 6.07) is 13.4. The van der Waals surface area contributed by atoms with Crippen LogP contribution in [0.4, 0.5) is 11.4 Å². The van der Waals surface area contributed by atoms with E-state index >= 15 is 0 Å². The number of carboxylic acid groups (broad SMARTS) is 1. The average Bonchev–Trinajstić information content (AvgIpc) is 2.80. The van der Waals surface area contributed by atoms with Crippen molar-refractivity contribution in [3.8, 4) is 17.6 Å². The van der Waals surface area contributed by atoms with Crippen molar-refractivity contribution in [2.24, 2.45) is 16.1 Å². The Kier molecular flexibility index (Phi) is 9.00. The second kappa shape index (κ2) is 11.7. The van der Waals surface area contributed by atoms with Gasteiger partial charge in [-0.3, -0.25) is 19.5 Å². The van der Waals surface area contributed by atoms with E-state index in [1.807, 2.05) is 26.8 Å². The summed E-state index contributed by atoms with van der Waals surface area (Å²) in [5.41, 5.74) is 6.96. The van der Waals surface area contributed by atoms with Crippen LogP contribution in [-0.2, 0) is 9.59 Å². The lowest BCUT2D eigenvalue weighted by atomic mass is 9.98. The van der Waals surface area contributed by atoms with Crippen molar-refractivity contribution in [1.29, 1.82) is 5.26 Å². The molecule has 0 saturated heterocycles. The summed E-state index contributed by atoms with van der Waals surface area (Å²) in [6.45, 7) is 7.25. The average molecular weight is 479 g/mol. The molecule has 0 aliphatic heterocycles. The molecule has 2 rings (SSSR count). The smallest absolute Gasteiger partial charge is 0.323 e. The summed E-state index contributed by atoms with van der Waals surface area (Å²) in [5, 5.41) is 19.1. The predicted molar refractivity (Wildman–Crippen MR) is 134 cm³/mol. The Hall–Kier alpha value is -4.32. The van der Waals surface area contributed by atoms with Crippen molar-refractivity contribution in [2.75, 3.05) is 25.2 Å². The Balaban J connectivity index is 2.41. The van der Waals surface area contributed by atoms with Gasteiger partial charge < -0.3 is 20.3 Å². The summed E-state index contributed by atoms with van der Waals surface area (Å²) in [7, 11) is 1.55. The molecule has 2 aromatic rings. The topological polar surface area (TPSA) is 138 Å². The molecule has 0 spiro atoms. The predicted octanol–water partition coefficient (Wildman–Crippen LogP) is 4.04. The van der Waals surface area contributed by atoms with E-state index in [0.29, 0.717) is 23.8 Å². The number of amides is 1. The van der Waals surface area contributed by atoms with Gasteiger partial charge in [-0.15, -0.1) is 0 Å². The van der Waals surface area contributed by atoms with Crippen LogP contribution in [0.15, 0.2) is 58.7 Å². The Labute approximate surface area is 205 Å². The first kappa shape index (κ1) is 26.9. The lowest BCUT2D eigenvalue weighted by Gasteiger charge is -2.23. The number of anilines is 1. The van der Waals surface area contributed by atoms with Crippen molar-refractivity contribution in [1.82, 2.24) is 0 Å². The van der Waals surface area contributed by atoms with Crippen LogP contribution in [0.1, 0.15) is 33.3 Å². The third-order valence-electron chi connectivity index (χ3n) is 4.66. The van der Waals surface area contributed by atoms with Gasteiger partial charge in [0.25, 0.3) is 5.91 Å². The van der Waals surface area contributed by atoms with Gasteiger partial charge in [0.2, 0.25) is 0 Å². The van der Waals surface area contributed by atoms with Gasteiger partial charge in [0.05, 0.1) is 30.5 Å². The maximum absolute atomic E-state index is 13.4. The molecule has 0 radical (unpaired) electrons. The van der Waals surface area contributed by atoms with E-state index in [0.717, 1.165) is 4.90 Å². The maximum atomic E-state index is 13.4. The fourth-order valence-corrected chi connectivity index (χ4v) is 2.89. The van der Waals surface area contributed by atoms with Crippen molar-refractivity contribution >= 4 is 29.5 Å². The summed E-state index contributed by atoms with van der Waals surface area (Å²) < 4.78 is 10.9. The lowest BCUT2D eigenvalue weighted by molar-refractivity contribution is -0.136. The first-order valence-electron chi connectivity index (χ1n) is 10.8. The fourth-order valence-electron chi connectivity index (χ4n) is 2.89.